The standard InChI is InChI=1S/C12H10FNO2S/c1-14-7-8-3-2-4-9-10(13)5-6-11(12(8)9)17(14,15)16/h2-6H,7H2,1H3. The molecule has 0 radical (unpaired) electrons. The number of rotatable bonds is 0. The molecule has 88 valence electrons. The van der Waals surface area contributed by atoms with Crippen LogP contribution in [0.4, 0.5) is 4.39 Å². The molecule has 2 aromatic carbocycles. The molecule has 2 aromatic rings. The van der Waals surface area contributed by atoms with Crippen LogP contribution < -0.4 is 0 Å². The van der Waals surface area contributed by atoms with Crippen molar-refractivity contribution in [1.29, 1.82) is 0 Å². The highest BCUT2D eigenvalue weighted by atomic mass is 32.2. The molecular formula is C12H10FNO2S. The number of sulfonamides is 1. The average molecular weight is 251 g/mol. The second kappa shape index (κ2) is 3.27. The molecule has 0 fully saturated rings. The third kappa shape index (κ3) is 1.33. The molecule has 5 heteroatoms. The predicted octanol–water partition coefficient (Wildman–Crippen LogP) is 2.11. The van der Waals surface area contributed by atoms with Gasteiger partial charge in [-0.05, 0) is 17.7 Å². The molecule has 1 heterocycles. The molecule has 3 nitrogen and oxygen atoms in total. The Morgan fingerprint density at radius 2 is 2.00 bits per heavy atom. The van der Waals surface area contributed by atoms with Gasteiger partial charge in [-0.3, -0.25) is 0 Å². The van der Waals surface area contributed by atoms with Gasteiger partial charge in [0.25, 0.3) is 0 Å². The highest BCUT2D eigenvalue weighted by molar-refractivity contribution is 7.89. The van der Waals surface area contributed by atoms with Gasteiger partial charge in [0, 0.05) is 24.4 Å². The molecule has 0 amide bonds. The number of hydrogen-bond donors (Lipinski definition) is 0. The van der Waals surface area contributed by atoms with Crippen molar-refractivity contribution >= 4 is 20.8 Å². The van der Waals surface area contributed by atoms with E-state index >= 15 is 0 Å². The van der Waals surface area contributed by atoms with Crippen LogP contribution in [0.25, 0.3) is 10.8 Å². The van der Waals surface area contributed by atoms with E-state index in [1.165, 1.54) is 23.5 Å². The van der Waals surface area contributed by atoms with Crippen LogP contribution in [0.2, 0.25) is 0 Å². The number of benzene rings is 2. The molecule has 0 unspecified atom stereocenters. The van der Waals surface area contributed by atoms with E-state index in [0.717, 1.165) is 5.56 Å². The average Bonchev–Trinajstić information content (AvgIpc) is 2.28. The monoisotopic (exact) mass is 251 g/mol. The molecule has 0 aliphatic carbocycles. The van der Waals surface area contributed by atoms with Crippen LogP contribution in [-0.2, 0) is 16.6 Å². The van der Waals surface area contributed by atoms with Crippen molar-refractivity contribution in [3.05, 3.63) is 41.7 Å². The Kier molecular flexibility index (Phi) is 2.06. The lowest BCUT2D eigenvalue weighted by atomic mass is 10.0. The third-order valence-corrected chi connectivity index (χ3v) is 4.96. The molecular weight excluding hydrogens is 241 g/mol. The van der Waals surface area contributed by atoms with Crippen LogP contribution in [0.15, 0.2) is 35.2 Å². The molecule has 3 rings (SSSR count). The van der Waals surface area contributed by atoms with E-state index in [-0.39, 0.29) is 17.3 Å². The smallest absolute Gasteiger partial charge is 0.207 e. The maximum Gasteiger partial charge on any atom is 0.243 e. The minimum absolute atomic E-state index is 0.193. The maximum atomic E-state index is 13.6. The van der Waals surface area contributed by atoms with E-state index in [1.54, 1.807) is 12.1 Å². The largest absolute Gasteiger partial charge is 0.243 e. The molecule has 1 aliphatic rings. The van der Waals surface area contributed by atoms with Gasteiger partial charge in [0.1, 0.15) is 5.82 Å². The summed E-state index contributed by atoms with van der Waals surface area (Å²) >= 11 is 0. The van der Waals surface area contributed by atoms with Crippen molar-refractivity contribution in [3.63, 3.8) is 0 Å². The van der Waals surface area contributed by atoms with Gasteiger partial charge in [-0.1, -0.05) is 18.2 Å². The highest BCUT2D eigenvalue weighted by Gasteiger charge is 2.30. The summed E-state index contributed by atoms with van der Waals surface area (Å²) < 4.78 is 39.1. The predicted molar refractivity (Wildman–Crippen MR) is 62.6 cm³/mol. The Balaban J connectivity index is 2.56. The molecule has 0 saturated heterocycles. The Bertz CT molecular complexity index is 725. The van der Waals surface area contributed by atoms with Crippen molar-refractivity contribution in [1.82, 2.24) is 4.31 Å². The molecule has 17 heavy (non-hydrogen) atoms. The van der Waals surface area contributed by atoms with Gasteiger partial charge in [-0.2, -0.15) is 4.31 Å². The van der Waals surface area contributed by atoms with Gasteiger partial charge in [0.2, 0.25) is 10.0 Å². The zero-order valence-electron chi connectivity index (χ0n) is 9.14. The van der Waals surface area contributed by atoms with Crippen molar-refractivity contribution in [2.24, 2.45) is 0 Å². The quantitative estimate of drug-likeness (QED) is 0.719. The van der Waals surface area contributed by atoms with E-state index in [9.17, 15) is 12.8 Å². The zero-order chi connectivity index (χ0) is 12.2. The normalized spacial score (nSPS) is 18.5. The van der Waals surface area contributed by atoms with Crippen LogP contribution in [-0.4, -0.2) is 19.8 Å². The van der Waals surface area contributed by atoms with Crippen LogP contribution in [0, 0.1) is 5.82 Å². The molecule has 0 saturated carbocycles. The Morgan fingerprint density at radius 1 is 1.24 bits per heavy atom. The highest BCUT2D eigenvalue weighted by Crippen LogP contribution is 2.34. The minimum Gasteiger partial charge on any atom is -0.207 e. The Morgan fingerprint density at radius 3 is 2.76 bits per heavy atom. The van der Waals surface area contributed by atoms with Gasteiger partial charge < -0.3 is 0 Å². The number of halogens is 1. The van der Waals surface area contributed by atoms with Gasteiger partial charge >= 0.3 is 0 Å². The summed E-state index contributed by atoms with van der Waals surface area (Å²) in [6.07, 6.45) is 0. The summed E-state index contributed by atoms with van der Waals surface area (Å²) in [6, 6.07) is 7.73. The molecule has 0 aromatic heterocycles. The van der Waals surface area contributed by atoms with Crippen molar-refractivity contribution < 1.29 is 12.8 Å². The van der Waals surface area contributed by atoms with Gasteiger partial charge in [0.05, 0.1) is 4.90 Å². The Labute approximate surface area is 98.5 Å². The third-order valence-electron chi connectivity index (χ3n) is 3.12. The molecule has 0 N–H and O–H groups in total. The number of nitrogens with zero attached hydrogens (tertiary/aromatic N) is 1. The van der Waals surface area contributed by atoms with Crippen molar-refractivity contribution in [2.75, 3.05) is 7.05 Å². The summed E-state index contributed by atoms with van der Waals surface area (Å²) in [6.45, 7) is 0.288. The first-order chi connectivity index (χ1) is 8.01. The van der Waals surface area contributed by atoms with Crippen LogP contribution in [0.5, 0.6) is 0 Å². The lowest BCUT2D eigenvalue weighted by Gasteiger charge is -2.25. The molecule has 0 spiro atoms. The summed E-state index contributed by atoms with van der Waals surface area (Å²) in [5.74, 6) is -0.384. The summed E-state index contributed by atoms with van der Waals surface area (Å²) in [5, 5.41) is 0.891. The van der Waals surface area contributed by atoms with Crippen molar-refractivity contribution in [2.45, 2.75) is 11.4 Å². The van der Waals surface area contributed by atoms with Gasteiger partial charge in [0.15, 0.2) is 0 Å². The van der Waals surface area contributed by atoms with E-state index in [0.29, 0.717) is 10.8 Å². The van der Waals surface area contributed by atoms with Gasteiger partial charge in [-0.15, -0.1) is 0 Å². The fourth-order valence-corrected chi connectivity index (χ4v) is 3.64. The van der Waals surface area contributed by atoms with Crippen LogP contribution in [0.3, 0.4) is 0 Å². The minimum atomic E-state index is -3.48. The topological polar surface area (TPSA) is 37.4 Å². The first-order valence-corrected chi connectivity index (χ1v) is 6.62. The molecule has 0 bridgehead atoms. The van der Waals surface area contributed by atoms with E-state index in [1.807, 2.05) is 6.07 Å². The maximum absolute atomic E-state index is 13.6. The van der Waals surface area contributed by atoms with E-state index in [2.05, 4.69) is 0 Å². The van der Waals surface area contributed by atoms with E-state index < -0.39 is 10.0 Å². The first-order valence-electron chi connectivity index (χ1n) is 5.18. The zero-order valence-corrected chi connectivity index (χ0v) is 9.96. The number of hydrogen-bond acceptors (Lipinski definition) is 2. The SMILES string of the molecule is CN1Cc2cccc3c(F)ccc(c23)S1(=O)=O. The molecule has 1 aliphatic heterocycles. The first kappa shape index (κ1) is 10.7. The summed E-state index contributed by atoms with van der Waals surface area (Å²) in [4.78, 5) is 0.193. The lowest BCUT2D eigenvalue weighted by molar-refractivity contribution is 0.463. The van der Waals surface area contributed by atoms with E-state index in [4.69, 9.17) is 0 Å². The van der Waals surface area contributed by atoms with Crippen LogP contribution >= 0.6 is 0 Å². The van der Waals surface area contributed by atoms with Crippen LogP contribution in [0.1, 0.15) is 5.56 Å². The van der Waals surface area contributed by atoms with Crippen molar-refractivity contribution in [3.8, 4) is 0 Å². The molecule has 0 atom stereocenters. The fourth-order valence-electron chi connectivity index (χ4n) is 2.25. The lowest BCUT2D eigenvalue weighted by Crippen LogP contribution is -2.30. The Hall–Kier alpha value is -1.46. The summed E-state index contributed by atoms with van der Waals surface area (Å²) in [7, 11) is -1.95. The second-order valence-electron chi connectivity index (χ2n) is 4.15. The summed E-state index contributed by atoms with van der Waals surface area (Å²) in [5.41, 5.74) is 0.842. The second-order valence-corrected chi connectivity index (χ2v) is 6.16. The fraction of sp³-hybridized carbons (Fsp3) is 0.167. The van der Waals surface area contributed by atoms with Gasteiger partial charge in [-0.25, -0.2) is 12.8 Å².